The molecule has 0 bridgehead atoms. The van der Waals surface area contributed by atoms with E-state index in [1.54, 1.807) is 16.2 Å². The van der Waals surface area contributed by atoms with Crippen molar-refractivity contribution in [2.45, 2.75) is 26.1 Å². The molecule has 9 heteroatoms. The summed E-state index contributed by atoms with van der Waals surface area (Å²) in [4.78, 5) is 14.9. The van der Waals surface area contributed by atoms with Crippen LogP contribution in [0.1, 0.15) is 18.2 Å². The lowest BCUT2D eigenvalue weighted by Gasteiger charge is -2.24. The summed E-state index contributed by atoms with van der Waals surface area (Å²) in [7, 11) is 0. The molecule has 0 saturated carbocycles. The van der Waals surface area contributed by atoms with E-state index in [0.29, 0.717) is 13.2 Å². The Morgan fingerprint density at radius 1 is 1.29 bits per heavy atom. The van der Waals surface area contributed by atoms with Gasteiger partial charge in [-0.1, -0.05) is 13.0 Å². The number of anilines is 1. The number of nitrogens with one attached hydrogen (secondary N) is 1. The highest BCUT2D eigenvalue weighted by molar-refractivity contribution is 7.09. The van der Waals surface area contributed by atoms with Gasteiger partial charge in [-0.05, 0) is 36.5 Å². The van der Waals surface area contributed by atoms with Gasteiger partial charge in [0.2, 0.25) is 5.91 Å². The highest BCUT2D eigenvalue weighted by Gasteiger charge is 2.18. The molecule has 154 valence electrons. The molecule has 28 heavy (non-hydrogen) atoms. The van der Waals surface area contributed by atoms with Crippen molar-refractivity contribution in [1.82, 2.24) is 4.90 Å². The van der Waals surface area contributed by atoms with Gasteiger partial charge >= 0.3 is 0 Å². The molecule has 1 unspecified atom stereocenters. The second-order valence-corrected chi connectivity index (χ2v) is 7.29. The number of halogens is 3. The summed E-state index contributed by atoms with van der Waals surface area (Å²) in [6.45, 7) is 3.01. The van der Waals surface area contributed by atoms with Gasteiger partial charge in [-0.25, -0.2) is 13.2 Å². The van der Waals surface area contributed by atoms with Crippen molar-refractivity contribution < 1.29 is 27.8 Å². The molecule has 1 aromatic heterocycles. The van der Waals surface area contributed by atoms with Crippen molar-refractivity contribution in [1.29, 1.82) is 0 Å². The highest BCUT2D eigenvalue weighted by atomic mass is 32.1. The molecule has 1 amide bonds. The van der Waals surface area contributed by atoms with Gasteiger partial charge in [-0.15, -0.1) is 11.3 Å². The van der Waals surface area contributed by atoms with Crippen LogP contribution in [0, 0.1) is 17.5 Å². The third kappa shape index (κ3) is 6.90. The van der Waals surface area contributed by atoms with Crippen LogP contribution >= 0.6 is 11.3 Å². The van der Waals surface area contributed by atoms with Crippen LogP contribution < -0.4 is 5.32 Å². The van der Waals surface area contributed by atoms with Crippen LogP contribution in [0.25, 0.3) is 0 Å². The van der Waals surface area contributed by atoms with Gasteiger partial charge < -0.3 is 15.2 Å². The zero-order chi connectivity index (χ0) is 20.5. The molecule has 2 rings (SSSR count). The van der Waals surface area contributed by atoms with Crippen LogP contribution in [-0.4, -0.2) is 48.3 Å². The molecular formula is C19H23F3N2O3S. The first-order valence-electron chi connectivity index (χ1n) is 8.84. The van der Waals surface area contributed by atoms with E-state index in [2.05, 4.69) is 5.32 Å². The van der Waals surface area contributed by atoms with E-state index in [4.69, 9.17) is 4.74 Å². The molecule has 0 aliphatic rings. The Morgan fingerprint density at radius 3 is 2.75 bits per heavy atom. The summed E-state index contributed by atoms with van der Waals surface area (Å²) in [5, 5.41) is 14.3. The summed E-state index contributed by atoms with van der Waals surface area (Å²) in [6, 6.07) is 5.55. The number of benzene rings is 1. The van der Waals surface area contributed by atoms with Crippen LogP contribution in [0.15, 0.2) is 29.6 Å². The second kappa shape index (κ2) is 11.2. The Morgan fingerprint density at radius 2 is 2.07 bits per heavy atom. The molecule has 5 nitrogen and oxygen atoms in total. The van der Waals surface area contributed by atoms with E-state index in [0.717, 1.165) is 23.4 Å². The molecule has 1 heterocycles. The maximum Gasteiger partial charge on any atom is 0.238 e. The largest absolute Gasteiger partial charge is 0.389 e. The predicted octanol–water partition coefficient (Wildman–Crippen LogP) is 3.39. The van der Waals surface area contributed by atoms with Gasteiger partial charge in [0.05, 0.1) is 31.5 Å². The van der Waals surface area contributed by atoms with E-state index >= 15 is 0 Å². The third-order valence-electron chi connectivity index (χ3n) is 3.82. The number of thiophene rings is 1. The number of amides is 1. The van der Waals surface area contributed by atoms with Crippen molar-refractivity contribution in [3.8, 4) is 0 Å². The fourth-order valence-electron chi connectivity index (χ4n) is 2.61. The highest BCUT2D eigenvalue weighted by Crippen LogP contribution is 2.19. The molecule has 0 saturated heterocycles. The Bertz CT molecular complexity index is 759. The van der Waals surface area contributed by atoms with Gasteiger partial charge in [0.25, 0.3) is 0 Å². The van der Waals surface area contributed by atoms with E-state index in [9.17, 15) is 23.1 Å². The van der Waals surface area contributed by atoms with Crippen LogP contribution in [-0.2, 0) is 16.1 Å². The molecule has 0 spiro atoms. The lowest BCUT2D eigenvalue weighted by Crippen LogP contribution is -2.40. The van der Waals surface area contributed by atoms with Crippen LogP contribution in [0.2, 0.25) is 0 Å². The van der Waals surface area contributed by atoms with Crippen molar-refractivity contribution in [3.05, 3.63) is 52.0 Å². The number of aliphatic hydroxyl groups excluding tert-OH is 1. The Kier molecular flexibility index (Phi) is 8.91. The fraction of sp³-hybridized carbons (Fsp3) is 0.421. The molecule has 0 radical (unpaired) electrons. The standard InChI is InChI=1S/C19H23F3N2O3S/c1-2-7-24(9-13(25)11-27-12-14-4-3-8-28-14)10-17(26)23-16-6-5-15(20)18(21)19(16)22/h3-6,8,13,25H,2,7,9-12H2,1H3,(H,23,26). The number of carbonyl (C=O) groups is 1. The quantitative estimate of drug-likeness (QED) is 0.552. The number of hydrogen-bond donors (Lipinski definition) is 2. The molecule has 0 fully saturated rings. The normalized spacial score (nSPS) is 12.4. The van der Waals surface area contributed by atoms with Crippen LogP contribution in [0.5, 0.6) is 0 Å². The first kappa shape index (κ1) is 22.4. The smallest absolute Gasteiger partial charge is 0.238 e. The number of nitrogens with zero attached hydrogens (tertiary/aromatic N) is 1. The van der Waals surface area contributed by atoms with E-state index in [-0.39, 0.29) is 19.7 Å². The molecule has 0 aliphatic carbocycles. The van der Waals surface area contributed by atoms with Crippen molar-refractivity contribution in [2.75, 3.05) is 31.6 Å². The minimum absolute atomic E-state index is 0.109. The zero-order valence-corrected chi connectivity index (χ0v) is 16.3. The van der Waals surface area contributed by atoms with E-state index in [1.807, 2.05) is 24.4 Å². The van der Waals surface area contributed by atoms with Gasteiger partial charge in [0.1, 0.15) is 0 Å². The number of hydrogen-bond acceptors (Lipinski definition) is 5. The molecule has 1 aromatic carbocycles. The van der Waals surface area contributed by atoms with Crippen molar-refractivity contribution >= 4 is 22.9 Å². The number of carbonyl (C=O) groups excluding carboxylic acids is 1. The summed E-state index contributed by atoms with van der Waals surface area (Å²) in [5.41, 5.74) is -0.430. The third-order valence-corrected chi connectivity index (χ3v) is 4.67. The van der Waals surface area contributed by atoms with E-state index < -0.39 is 35.2 Å². The first-order chi connectivity index (χ1) is 13.4. The first-order valence-corrected chi connectivity index (χ1v) is 9.72. The van der Waals surface area contributed by atoms with Gasteiger partial charge in [0, 0.05) is 11.4 Å². The summed E-state index contributed by atoms with van der Waals surface area (Å²) in [5.74, 6) is -5.00. The topological polar surface area (TPSA) is 61.8 Å². The number of aliphatic hydroxyl groups is 1. The lowest BCUT2D eigenvalue weighted by molar-refractivity contribution is -0.117. The van der Waals surface area contributed by atoms with Crippen molar-refractivity contribution in [2.24, 2.45) is 0 Å². The lowest BCUT2D eigenvalue weighted by atomic mass is 10.2. The summed E-state index contributed by atoms with van der Waals surface area (Å²) >= 11 is 1.56. The minimum atomic E-state index is -1.64. The molecule has 2 N–H and O–H groups in total. The maximum absolute atomic E-state index is 13.7. The Labute approximate surface area is 165 Å². The molecular weight excluding hydrogens is 393 g/mol. The Balaban J connectivity index is 1.83. The fourth-order valence-corrected chi connectivity index (χ4v) is 3.25. The van der Waals surface area contributed by atoms with Crippen molar-refractivity contribution in [3.63, 3.8) is 0 Å². The van der Waals surface area contributed by atoms with Crippen LogP contribution in [0.4, 0.5) is 18.9 Å². The predicted molar refractivity (Wildman–Crippen MR) is 102 cm³/mol. The number of rotatable bonds is 11. The van der Waals surface area contributed by atoms with Gasteiger partial charge in [-0.2, -0.15) is 0 Å². The average Bonchev–Trinajstić information content (AvgIpc) is 3.16. The zero-order valence-electron chi connectivity index (χ0n) is 15.5. The molecule has 1 atom stereocenters. The maximum atomic E-state index is 13.7. The Hall–Kier alpha value is -1.94. The molecule has 0 aliphatic heterocycles. The summed E-state index contributed by atoms with van der Waals surface area (Å²) in [6.07, 6.45) is -0.0745. The minimum Gasteiger partial charge on any atom is -0.389 e. The second-order valence-electron chi connectivity index (χ2n) is 6.25. The average molecular weight is 416 g/mol. The number of ether oxygens (including phenoxy) is 1. The van der Waals surface area contributed by atoms with Crippen LogP contribution in [0.3, 0.4) is 0 Å². The summed E-state index contributed by atoms with van der Waals surface area (Å²) < 4.78 is 45.4. The van der Waals surface area contributed by atoms with E-state index in [1.165, 1.54) is 0 Å². The van der Waals surface area contributed by atoms with Gasteiger partial charge in [-0.3, -0.25) is 9.69 Å². The van der Waals surface area contributed by atoms with Gasteiger partial charge in [0.15, 0.2) is 17.5 Å². The SMILES string of the molecule is CCCN(CC(=O)Nc1ccc(F)c(F)c1F)CC(O)COCc1cccs1. The molecule has 2 aromatic rings. The monoisotopic (exact) mass is 416 g/mol.